The minimum absolute atomic E-state index is 0.0347. The lowest BCUT2D eigenvalue weighted by molar-refractivity contribution is 0.0975. The van der Waals surface area contributed by atoms with Crippen molar-refractivity contribution in [2.45, 2.75) is 18.9 Å². The maximum Gasteiger partial charge on any atom is 0.258 e. The number of hydrogen-bond acceptors (Lipinski definition) is 5. The van der Waals surface area contributed by atoms with Crippen molar-refractivity contribution in [3.05, 3.63) is 53.8 Å². The standard InChI is InChI=1S/C20H20FN3O4/c21-14-4-6-15(7-5-14)23-20(22-11-16-2-1-9-26-16)24-19(25)13-3-8-17-18(10-13)28-12-27-17/h3-8,10,16H,1-2,9,11-12H2,(H2,22,23,24,25). The van der Waals surface area contributed by atoms with Gasteiger partial charge in [0, 0.05) is 17.9 Å². The third kappa shape index (κ3) is 4.40. The van der Waals surface area contributed by atoms with E-state index in [1.165, 1.54) is 12.1 Å². The van der Waals surface area contributed by atoms with E-state index in [4.69, 9.17) is 14.2 Å². The Bertz CT molecular complexity index is 880. The van der Waals surface area contributed by atoms with Crippen LogP contribution in [0.4, 0.5) is 10.1 Å². The van der Waals surface area contributed by atoms with Gasteiger partial charge in [0.05, 0.1) is 12.6 Å². The van der Waals surface area contributed by atoms with Gasteiger partial charge in [0.25, 0.3) is 5.91 Å². The Kier molecular flexibility index (Phi) is 5.38. The zero-order chi connectivity index (χ0) is 19.3. The molecule has 1 amide bonds. The number of halogens is 1. The van der Waals surface area contributed by atoms with Crippen LogP contribution in [0.1, 0.15) is 23.2 Å². The number of hydrogen-bond donors (Lipinski definition) is 2. The third-order valence-corrected chi connectivity index (χ3v) is 4.45. The lowest BCUT2D eigenvalue weighted by Crippen LogP contribution is -2.36. The van der Waals surface area contributed by atoms with Crippen molar-refractivity contribution in [2.24, 2.45) is 4.99 Å². The Balaban J connectivity index is 1.49. The van der Waals surface area contributed by atoms with Crippen molar-refractivity contribution in [1.82, 2.24) is 5.32 Å². The molecule has 0 aromatic heterocycles. The summed E-state index contributed by atoms with van der Waals surface area (Å²) in [6.07, 6.45) is 1.97. The first-order valence-electron chi connectivity index (χ1n) is 9.07. The number of nitrogens with one attached hydrogen (secondary N) is 2. The van der Waals surface area contributed by atoms with E-state index >= 15 is 0 Å². The zero-order valence-electron chi connectivity index (χ0n) is 15.1. The van der Waals surface area contributed by atoms with E-state index in [0.717, 1.165) is 19.4 Å². The Morgan fingerprint density at radius 2 is 1.96 bits per heavy atom. The van der Waals surface area contributed by atoms with E-state index in [-0.39, 0.29) is 30.6 Å². The molecule has 2 aromatic rings. The van der Waals surface area contributed by atoms with E-state index in [2.05, 4.69) is 15.6 Å². The molecule has 2 N–H and O–H groups in total. The molecule has 8 heteroatoms. The second-order valence-corrected chi connectivity index (χ2v) is 6.48. The molecule has 1 atom stereocenters. The van der Waals surface area contributed by atoms with Crippen LogP contribution < -0.4 is 20.1 Å². The Labute approximate surface area is 161 Å². The molecule has 28 heavy (non-hydrogen) atoms. The van der Waals surface area contributed by atoms with E-state index in [0.29, 0.717) is 29.3 Å². The molecule has 1 saturated heterocycles. The lowest BCUT2D eigenvalue weighted by atomic mass is 10.2. The second-order valence-electron chi connectivity index (χ2n) is 6.48. The summed E-state index contributed by atoms with van der Waals surface area (Å²) in [4.78, 5) is 17.1. The molecule has 0 saturated carbocycles. The molecule has 2 aromatic carbocycles. The number of rotatable bonds is 4. The Hall–Kier alpha value is -3.13. The predicted molar refractivity (Wildman–Crippen MR) is 101 cm³/mol. The minimum Gasteiger partial charge on any atom is -0.454 e. The van der Waals surface area contributed by atoms with Gasteiger partial charge in [-0.15, -0.1) is 0 Å². The summed E-state index contributed by atoms with van der Waals surface area (Å²) in [6.45, 7) is 1.29. The highest BCUT2D eigenvalue weighted by Crippen LogP contribution is 2.32. The summed E-state index contributed by atoms with van der Waals surface area (Å²) < 4.78 is 29.3. The lowest BCUT2D eigenvalue weighted by Gasteiger charge is -2.13. The van der Waals surface area contributed by atoms with E-state index < -0.39 is 0 Å². The highest BCUT2D eigenvalue weighted by Gasteiger charge is 2.18. The van der Waals surface area contributed by atoms with Gasteiger partial charge in [-0.1, -0.05) is 0 Å². The summed E-state index contributed by atoms with van der Waals surface area (Å²) in [5.74, 6) is 0.710. The van der Waals surface area contributed by atoms with Crippen molar-refractivity contribution in [1.29, 1.82) is 0 Å². The monoisotopic (exact) mass is 385 g/mol. The fourth-order valence-corrected chi connectivity index (χ4v) is 2.98. The van der Waals surface area contributed by atoms with Crippen molar-refractivity contribution < 1.29 is 23.4 Å². The van der Waals surface area contributed by atoms with Crippen LogP contribution in [0.5, 0.6) is 11.5 Å². The highest BCUT2D eigenvalue weighted by molar-refractivity contribution is 6.10. The SMILES string of the molecule is O=C(NC(=NCC1CCCO1)Nc1ccc(F)cc1)c1ccc2c(c1)OCO2. The van der Waals surface area contributed by atoms with Gasteiger partial charge in [-0.3, -0.25) is 10.1 Å². The maximum absolute atomic E-state index is 13.2. The molecule has 0 spiro atoms. The van der Waals surface area contributed by atoms with Crippen LogP contribution in [0, 0.1) is 5.82 Å². The molecular weight excluding hydrogens is 365 g/mol. The summed E-state index contributed by atoms with van der Waals surface area (Å²) in [6, 6.07) is 10.8. The van der Waals surface area contributed by atoms with Crippen LogP contribution in [0.3, 0.4) is 0 Å². The number of amides is 1. The largest absolute Gasteiger partial charge is 0.454 e. The van der Waals surface area contributed by atoms with E-state index in [1.807, 2.05) is 0 Å². The van der Waals surface area contributed by atoms with Crippen LogP contribution in [0.15, 0.2) is 47.5 Å². The normalized spacial score (nSPS) is 18.2. The van der Waals surface area contributed by atoms with Crippen molar-refractivity contribution in [2.75, 3.05) is 25.3 Å². The number of carbonyl (C=O) groups is 1. The summed E-state index contributed by atoms with van der Waals surface area (Å²) in [5.41, 5.74) is 1.02. The first-order valence-corrected chi connectivity index (χ1v) is 9.07. The van der Waals surface area contributed by atoms with Crippen LogP contribution in [0.2, 0.25) is 0 Å². The average Bonchev–Trinajstić information content (AvgIpc) is 3.38. The molecule has 1 fully saturated rings. The number of aliphatic imine (C=N–C) groups is 1. The first-order chi connectivity index (χ1) is 13.7. The van der Waals surface area contributed by atoms with Gasteiger partial charge >= 0.3 is 0 Å². The van der Waals surface area contributed by atoms with Crippen LogP contribution in [0.25, 0.3) is 0 Å². The maximum atomic E-state index is 13.2. The summed E-state index contributed by atoms with van der Waals surface area (Å²) in [5, 5.41) is 5.79. The molecule has 2 aliphatic heterocycles. The van der Waals surface area contributed by atoms with Crippen molar-refractivity contribution in [3.63, 3.8) is 0 Å². The minimum atomic E-state index is -0.348. The number of anilines is 1. The van der Waals surface area contributed by atoms with Gasteiger partial charge in [0.1, 0.15) is 5.82 Å². The first kappa shape index (κ1) is 18.2. The fraction of sp³-hybridized carbons (Fsp3) is 0.300. The van der Waals surface area contributed by atoms with Crippen molar-refractivity contribution in [3.8, 4) is 11.5 Å². The number of guanidine groups is 1. The smallest absolute Gasteiger partial charge is 0.258 e. The number of nitrogens with zero attached hydrogens (tertiary/aromatic N) is 1. The average molecular weight is 385 g/mol. The quantitative estimate of drug-likeness (QED) is 0.625. The van der Waals surface area contributed by atoms with E-state index in [1.54, 1.807) is 30.3 Å². The van der Waals surface area contributed by atoms with Gasteiger partial charge in [0.2, 0.25) is 12.8 Å². The fourth-order valence-electron chi connectivity index (χ4n) is 2.98. The van der Waals surface area contributed by atoms with Crippen LogP contribution in [-0.4, -0.2) is 37.9 Å². The molecule has 2 heterocycles. The molecule has 1 unspecified atom stereocenters. The van der Waals surface area contributed by atoms with Crippen LogP contribution >= 0.6 is 0 Å². The van der Waals surface area contributed by atoms with Crippen molar-refractivity contribution >= 4 is 17.6 Å². The predicted octanol–water partition coefficient (Wildman–Crippen LogP) is 2.93. The van der Waals surface area contributed by atoms with Gasteiger partial charge < -0.3 is 19.5 Å². The van der Waals surface area contributed by atoms with Gasteiger partial charge in [-0.05, 0) is 55.3 Å². The van der Waals surface area contributed by atoms with Crippen LogP contribution in [-0.2, 0) is 4.74 Å². The molecule has 4 rings (SSSR count). The molecule has 0 radical (unpaired) electrons. The molecule has 0 aliphatic carbocycles. The summed E-state index contributed by atoms with van der Waals surface area (Å²) in [7, 11) is 0. The Morgan fingerprint density at radius 1 is 1.14 bits per heavy atom. The molecule has 2 aliphatic rings. The highest BCUT2D eigenvalue weighted by atomic mass is 19.1. The number of fused-ring (bicyclic) bond motifs is 1. The van der Waals surface area contributed by atoms with Gasteiger partial charge in [0.15, 0.2) is 11.5 Å². The van der Waals surface area contributed by atoms with Gasteiger partial charge in [-0.25, -0.2) is 9.38 Å². The number of ether oxygens (including phenoxy) is 3. The molecule has 146 valence electrons. The third-order valence-electron chi connectivity index (χ3n) is 4.45. The molecule has 0 bridgehead atoms. The topological polar surface area (TPSA) is 81.2 Å². The molecular formula is C20H20FN3O4. The van der Waals surface area contributed by atoms with Gasteiger partial charge in [-0.2, -0.15) is 0 Å². The second kappa shape index (κ2) is 8.26. The Morgan fingerprint density at radius 3 is 2.75 bits per heavy atom. The molecule has 7 nitrogen and oxygen atoms in total. The number of benzene rings is 2. The zero-order valence-corrected chi connectivity index (χ0v) is 15.1. The number of carbonyl (C=O) groups excluding carboxylic acids is 1. The summed E-state index contributed by atoms with van der Waals surface area (Å²) >= 11 is 0. The van der Waals surface area contributed by atoms with E-state index in [9.17, 15) is 9.18 Å².